The summed E-state index contributed by atoms with van der Waals surface area (Å²) in [7, 11) is -3.47. The zero-order chi connectivity index (χ0) is 14.1. The third kappa shape index (κ3) is 3.92. The number of nitrogens with one attached hydrogen (secondary N) is 2. The van der Waals surface area contributed by atoms with Gasteiger partial charge in [0.2, 0.25) is 10.0 Å². The summed E-state index contributed by atoms with van der Waals surface area (Å²) < 4.78 is 28.0. The van der Waals surface area contributed by atoms with Gasteiger partial charge < -0.3 is 5.32 Å². The summed E-state index contributed by atoms with van der Waals surface area (Å²) in [5.74, 6) is 0. The molecule has 1 fully saturated rings. The molecule has 0 atom stereocenters. The van der Waals surface area contributed by atoms with Crippen LogP contribution in [0.1, 0.15) is 19.8 Å². The number of sulfonamides is 1. The van der Waals surface area contributed by atoms with Crippen molar-refractivity contribution in [3.8, 4) is 0 Å². The van der Waals surface area contributed by atoms with Gasteiger partial charge in [0.05, 0.1) is 8.81 Å². The minimum Gasteiger partial charge on any atom is -0.317 e. The molecule has 2 N–H and O–H groups in total. The quantitative estimate of drug-likeness (QED) is 0.835. The number of rotatable bonds is 4. The van der Waals surface area contributed by atoms with Crippen molar-refractivity contribution in [1.29, 1.82) is 0 Å². The Hall–Kier alpha value is 0.340. The van der Waals surface area contributed by atoms with Crippen LogP contribution >= 0.6 is 38.9 Å². The van der Waals surface area contributed by atoms with Gasteiger partial charge in [-0.15, -0.1) is 11.3 Å². The molecule has 0 aromatic carbocycles. The van der Waals surface area contributed by atoms with E-state index in [-0.39, 0.29) is 9.62 Å². The number of halogens is 2. The van der Waals surface area contributed by atoms with E-state index in [1.807, 2.05) is 0 Å². The molecule has 4 nitrogen and oxygen atoms in total. The molecule has 2 heterocycles. The van der Waals surface area contributed by atoms with Crippen LogP contribution in [0.5, 0.6) is 0 Å². The van der Waals surface area contributed by atoms with Gasteiger partial charge >= 0.3 is 0 Å². The maximum absolute atomic E-state index is 12.2. The maximum atomic E-state index is 12.2. The summed E-state index contributed by atoms with van der Waals surface area (Å²) >= 11 is 10.2. The van der Waals surface area contributed by atoms with Crippen LogP contribution in [0.15, 0.2) is 14.1 Å². The van der Waals surface area contributed by atoms with Gasteiger partial charge in [-0.1, -0.05) is 18.5 Å². The van der Waals surface area contributed by atoms with E-state index in [0.29, 0.717) is 15.4 Å². The standard InChI is InChI=1S/C11H16BrClN2O2S2/c1-11(2-4-14-5-3-11)7-15-19(16,17)9-6-8(13)10(12)18-9/h6,14-15H,2-5,7H2,1H3. The zero-order valence-corrected chi connectivity index (χ0v) is 14.5. The Morgan fingerprint density at radius 2 is 2.16 bits per heavy atom. The molecule has 8 heteroatoms. The van der Waals surface area contributed by atoms with Crippen LogP contribution in [-0.2, 0) is 10.0 Å². The molecule has 1 aliphatic rings. The Morgan fingerprint density at radius 1 is 1.53 bits per heavy atom. The molecule has 0 spiro atoms. The van der Waals surface area contributed by atoms with Crippen molar-refractivity contribution in [2.75, 3.05) is 19.6 Å². The summed E-state index contributed by atoms with van der Waals surface area (Å²) in [6.07, 6.45) is 1.95. The summed E-state index contributed by atoms with van der Waals surface area (Å²) in [6.45, 7) is 4.46. The summed E-state index contributed by atoms with van der Waals surface area (Å²) in [6, 6.07) is 1.48. The van der Waals surface area contributed by atoms with Crippen LogP contribution in [-0.4, -0.2) is 28.1 Å². The van der Waals surface area contributed by atoms with Crippen molar-refractivity contribution in [1.82, 2.24) is 10.0 Å². The lowest BCUT2D eigenvalue weighted by Crippen LogP contribution is -2.42. The third-order valence-electron chi connectivity index (χ3n) is 3.39. The highest BCUT2D eigenvalue weighted by Gasteiger charge is 2.29. The molecule has 1 saturated heterocycles. The number of thiophene rings is 1. The highest BCUT2D eigenvalue weighted by molar-refractivity contribution is 9.11. The second-order valence-corrected chi connectivity index (χ2v) is 9.84. The van der Waals surface area contributed by atoms with E-state index in [1.165, 1.54) is 6.07 Å². The fourth-order valence-corrected chi connectivity index (χ4v) is 5.65. The zero-order valence-electron chi connectivity index (χ0n) is 10.5. The van der Waals surface area contributed by atoms with Crippen molar-refractivity contribution < 1.29 is 8.42 Å². The average Bonchev–Trinajstić information content (AvgIpc) is 2.69. The predicted molar refractivity (Wildman–Crippen MR) is 82.4 cm³/mol. The molecule has 1 aromatic heterocycles. The van der Waals surface area contributed by atoms with Gasteiger partial charge in [0.15, 0.2) is 0 Å². The molecule has 2 rings (SSSR count). The van der Waals surface area contributed by atoms with E-state index in [4.69, 9.17) is 11.6 Å². The van der Waals surface area contributed by atoms with E-state index >= 15 is 0 Å². The molecular formula is C11H16BrClN2O2S2. The number of hydrogen-bond acceptors (Lipinski definition) is 4. The molecule has 0 saturated carbocycles. The molecule has 0 amide bonds. The van der Waals surface area contributed by atoms with Crippen molar-refractivity contribution in [3.63, 3.8) is 0 Å². The first-order valence-electron chi connectivity index (χ1n) is 5.98. The molecule has 0 bridgehead atoms. The molecule has 1 aliphatic heterocycles. The van der Waals surface area contributed by atoms with Gasteiger partial charge in [-0.25, -0.2) is 13.1 Å². The molecule has 108 valence electrons. The van der Waals surface area contributed by atoms with Gasteiger partial charge in [0.25, 0.3) is 0 Å². The number of piperidine rings is 1. The highest BCUT2D eigenvalue weighted by Crippen LogP contribution is 2.35. The van der Waals surface area contributed by atoms with Crippen LogP contribution in [0.4, 0.5) is 0 Å². The van der Waals surface area contributed by atoms with Crippen molar-refractivity contribution in [2.45, 2.75) is 24.0 Å². The smallest absolute Gasteiger partial charge is 0.250 e. The average molecular weight is 388 g/mol. The maximum Gasteiger partial charge on any atom is 0.250 e. The second kappa shape index (κ2) is 5.99. The van der Waals surface area contributed by atoms with Crippen LogP contribution in [0, 0.1) is 5.41 Å². The Labute approximate surface area is 131 Å². The Balaban J connectivity index is 2.05. The first kappa shape index (κ1) is 15.7. The van der Waals surface area contributed by atoms with Gasteiger partial charge in [-0.05, 0) is 53.3 Å². The number of hydrogen-bond donors (Lipinski definition) is 2. The second-order valence-electron chi connectivity index (χ2n) is 5.07. The molecular weight excluding hydrogens is 372 g/mol. The van der Waals surface area contributed by atoms with E-state index in [2.05, 4.69) is 32.9 Å². The van der Waals surface area contributed by atoms with Gasteiger partial charge in [0.1, 0.15) is 4.21 Å². The highest BCUT2D eigenvalue weighted by atomic mass is 79.9. The van der Waals surface area contributed by atoms with Gasteiger partial charge in [-0.3, -0.25) is 0 Å². The molecule has 0 unspecified atom stereocenters. The van der Waals surface area contributed by atoms with E-state index in [0.717, 1.165) is 37.3 Å². The fraction of sp³-hybridized carbons (Fsp3) is 0.636. The molecule has 0 aliphatic carbocycles. The Kier molecular flexibility index (Phi) is 4.96. The Bertz CT molecular complexity index is 534. The lowest BCUT2D eigenvalue weighted by Gasteiger charge is -2.33. The van der Waals surface area contributed by atoms with Crippen molar-refractivity contribution in [3.05, 3.63) is 14.9 Å². The lowest BCUT2D eigenvalue weighted by atomic mass is 9.81. The van der Waals surface area contributed by atoms with Crippen LogP contribution in [0.2, 0.25) is 5.02 Å². The minimum absolute atomic E-state index is 0.0244. The molecule has 0 radical (unpaired) electrons. The first-order chi connectivity index (χ1) is 8.82. The van der Waals surface area contributed by atoms with Crippen LogP contribution < -0.4 is 10.0 Å². The van der Waals surface area contributed by atoms with Crippen molar-refractivity contribution >= 4 is 48.9 Å². The van der Waals surface area contributed by atoms with E-state index < -0.39 is 10.0 Å². The monoisotopic (exact) mass is 386 g/mol. The summed E-state index contributed by atoms with van der Waals surface area (Å²) in [5.41, 5.74) is 0.0244. The third-order valence-corrected chi connectivity index (χ3v) is 7.74. The largest absolute Gasteiger partial charge is 0.317 e. The normalized spacial score (nSPS) is 19.5. The summed E-state index contributed by atoms with van der Waals surface area (Å²) in [4.78, 5) is 0. The minimum atomic E-state index is -3.47. The van der Waals surface area contributed by atoms with Crippen LogP contribution in [0.25, 0.3) is 0 Å². The first-order valence-corrected chi connectivity index (χ1v) is 9.45. The van der Waals surface area contributed by atoms with Crippen molar-refractivity contribution in [2.24, 2.45) is 5.41 Å². The van der Waals surface area contributed by atoms with Gasteiger partial charge in [-0.2, -0.15) is 0 Å². The molecule has 19 heavy (non-hydrogen) atoms. The summed E-state index contributed by atoms with van der Waals surface area (Å²) in [5, 5.41) is 3.71. The Morgan fingerprint density at radius 3 is 2.68 bits per heavy atom. The van der Waals surface area contributed by atoms with E-state index in [9.17, 15) is 8.42 Å². The topological polar surface area (TPSA) is 58.2 Å². The predicted octanol–water partition coefficient (Wildman–Crippen LogP) is 2.83. The van der Waals surface area contributed by atoms with Crippen LogP contribution in [0.3, 0.4) is 0 Å². The fourth-order valence-electron chi connectivity index (χ4n) is 2.01. The van der Waals surface area contributed by atoms with Gasteiger partial charge in [0, 0.05) is 6.54 Å². The molecule has 1 aromatic rings. The SMILES string of the molecule is CC1(CNS(=O)(=O)c2cc(Cl)c(Br)s2)CCNCC1. The van der Waals surface area contributed by atoms with E-state index in [1.54, 1.807) is 0 Å². The lowest BCUT2D eigenvalue weighted by molar-refractivity contribution is 0.232.